The zero-order chi connectivity index (χ0) is 6.15. The molecule has 0 N–H and O–H groups in total. The third kappa shape index (κ3) is 0.831. The van der Waals surface area contributed by atoms with Crippen molar-refractivity contribution in [3.05, 3.63) is 0 Å². The summed E-state index contributed by atoms with van der Waals surface area (Å²) in [4.78, 5) is 10.6. The molecule has 0 radical (unpaired) electrons. The molecule has 0 saturated heterocycles. The van der Waals surface area contributed by atoms with Crippen molar-refractivity contribution in [1.82, 2.24) is 0 Å². The van der Waals surface area contributed by atoms with E-state index in [0.717, 1.165) is 6.42 Å². The van der Waals surface area contributed by atoms with Crippen LogP contribution in [0.1, 0.15) is 13.3 Å². The lowest BCUT2D eigenvalue weighted by Crippen LogP contribution is -2.02. The van der Waals surface area contributed by atoms with Gasteiger partial charge in [-0.15, -0.1) is 0 Å². The highest BCUT2D eigenvalue weighted by molar-refractivity contribution is 5.75. The van der Waals surface area contributed by atoms with Crippen LogP contribution in [-0.4, -0.2) is 13.1 Å². The summed E-state index contributed by atoms with van der Waals surface area (Å²) in [6.07, 6.45) is 1.02. The summed E-state index contributed by atoms with van der Waals surface area (Å²) < 4.78 is 4.51. The van der Waals surface area contributed by atoms with Crippen LogP contribution < -0.4 is 0 Å². The summed E-state index contributed by atoms with van der Waals surface area (Å²) in [7, 11) is 1.44. The molecule has 2 unspecified atom stereocenters. The Morgan fingerprint density at radius 3 is 2.38 bits per heavy atom. The van der Waals surface area contributed by atoms with Crippen molar-refractivity contribution in [3.63, 3.8) is 0 Å². The van der Waals surface area contributed by atoms with Gasteiger partial charge >= 0.3 is 5.97 Å². The van der Waals surface area contributed by atoms with Crippen LogP contribution in [0.5, 0.6) is 0 Å². The normalized spacial score (nSPS) is 34.2. The first-order valence-corrected chi connectivity index (χ1v) is 2.83. The monoisotopic (exact) mass is 114 g/mol. The molecule has 0 spiro atoms. The number of hydrogen-bond donors (Lipinski definition) is 0. The van der Waals surface area contributed by atoms with Gasteiger partial charge in [0.2, 0.25) is 0 Å². The van der Waals surface area contributed by atoms with Crippen molar-refractivity contribution in [2.45, 2.75) is 13.3 Å². The summed E-state index contributed by atoms with van der Waals surface area (Å²) in [5.74, 6) is 0.750. The molecule has 8 heavy (non-hydrogen) atoms. The molecule has 1 aliphatic carbocycles. The van der Waals surface area contributed by atoms with Crippen molar-refractivity contribution < 1.29 is 9.53 Å². The summed E-state index contributed by atoms with van der Waals surface area (Å²) in [6.45, 7) is 2.06. The molecule has 0 aromatic heterocycles. The Morgan fingerprint density at radius 2 is 2.25 bits per heavy atom. The molecule has 0 aromatic carbocycles. The molecular weight excluding hydrogens is 104 g/mol. The van der Waals surface area contributed by atoms with E-state index < -0.39 is 0 Å². The van der Waals surface area contributed by atoms with Crippen molar-refractivity contribution in [2.75, 3.05) is 7.11 Å². The van der Waals surface area contributed by atoms with Crippen LogP contribution in [-0.2, 0) is 9.53 Å². The maximum Gasteiger partial charge on any atom is 0.308 e. The Morgan fingerprint density at radius 1 is 1.75 bits per heavy atom. The van der Waals surface area contributed by atoms with Crippen LogP contribution in [0.3, 0.4) is 0 Å². The van der Waals surface area contributed by atoms with E-state index in [9.17, 15) is 4.79 Å². The van der Waals surface area contributed by atoms with Crippen molar-refractivity contribution in [3.8, 4) is 0 Å². The quantitative estimate of drug-likeness (QED) is 0.472. The highest BCUT2D eigenvalue weighted by Gasteiger charge is 2.39. The van der Waals surface area contributed by atoms with E-state index in [1.165, 1.54) is 7.11 Å². The molecule has 1 fully saturated rings. The van der Waals surface area contributed by atoms with Crippen LogP contribution in [0.4, 0.5) is 0 Å². The van der Waals surface area contributed by atoms with E-state index >= 15 is 0 Å². The first-order valence-electron chi connectivity index (χ1n) is 2.83. The van der Waals surface area contributed by atoms with Crippen LogP contribution >= 0.6 is 0 Å². The highest BCUT2D eigenvalue weighted by atomic mass is 16.5. The Bertz CT molecular complexity index is 109. The third-order valence-electron chi connectivity index (χ3n) is 1.61. The molecule has 0 heterocycles. The number of hydrogen-bond acceptors (Lipinski definition) is 2. The van der Waals surface area contributed by atoms with Gasteiger partial charge < -0.3 is 4.74 Å². The maximum absolute atomic E-state index is 10.6. The van der Waals surface area contributed by atoms with Crippen LogP contribution in [0, 0.1) is 11.8 Å². The molecule has 0 aromatic rings. The average Bonchev–Trinajstić information content (AvgIpc) is 2.45. The van der Waals surface area contributed by atoms with E-state index in [2.05, 4.69) is 11.7 Å². The predicted molar refractivity (Wildman–Crippen MR) is 29.3 cm³/mol. The summed E-state index contributed by atoms with van der Waals surface area (Å²) >= 11 is 0. The second kappa shape index (κ2) is 1.77. The molecule has 0 bridgehead atoms. The second-order valence-electron chi connectivity index (χ2n) is 2.34. The minimum atomic E-state index is -0.0440. The van der Waals surface area contributed by atoms with Gasteiger partial charge in [-0.2, -0.15) is 0 Å². The molecule has 2 atom stereocenters. The zero-order valence-corrected chi connectivity index (χ0v) is 5.18. The topological polar surface area (TPSA) is 26.3 Å². The molecule has 0 amide bonds. The lowest BCUT2D eigenvalue weighted by atomic mass is 10.3. The van der Waals surface area contributed by atoms with Crippen LogP contribution in [0.25, 0.3) is 0 Å². The van der Waals surface area contributed by atoms with Gasteiger partial charge in [0.25, 0.3) is 0 Å². The van der Waals surface area contributed by atoms with Crippen molar-refractivity contribution >= 4 is 5.97 Å². The first kappa shape index (κ1) is 5.60. The van der Waals surface area contributed by atoms with Gasteiger partial charge in [-0.25, -0.2) is 0 Å². The fourth-order valence-electron chi connectivity index (χ4n) is 0.802. The maximum atomic E-state index is 10.6. The van der Waals surface area contributed by atoms with Crippen LogP contribution in [0.2, 0.25) is 0 Å². The predicted octanol–water partition coefficient (Wildman–Crippen LogP) is 0.815. The number of carbonyl (C=O) groups excluding carboxylic acids is 1. The van der Waals surface area contributed by atoms with Gasteiger partial charge in [-0.3, -0.25) is 4.79 Å². The van der Waals surface area contributed by atoms with E-state index in [-0.39, 0.29) is 11.9 Å². The number of esters is 1. The lowest BCUT2D eigenvalue weighted by Gasteiger charge is -1.91. The van der Waals surface area contributed by atoms with Crippen molar-refractivity contribution in [1.29, 1.82) is 0 Å². The van der Waals surface area contributed by atoms with Gasteiger partial charge in [-0.05, 0) is 12.3 Å². The SMILES string of the molecule is COC(=O)C1CC1C. The van der Waals surface area contributed by atoms with Gasteiger partial charge in [0.15, 0.2) is 0 Å². The second-order valence-corrected chi connectivity index (χ2v) is 2.34. The molecule has 1 saturated carbocycles. The Kier molecular flexibility index (Phi) is 1.24. The number of carbonyl (C=O) groups is 1. The molecule has 46 valence electrons. The number of ether oxygens (including phenoxy) is 1. The highest BCUT2D eigenvalue weighted by Crippen LogP contribution is 2.38. The minimum absolute atomic E-state index is 0.0440. The minimum Gasteiger partial charge on any atom is -0.469 e. The summed E-state index contributed by atoms with van der Waals surface area (Å²) in [6, 6.07) is 0. The van der Waals surface area contributed by atoms with Crippen molar-refractivity contribution in [2.24, 2.45) is 11.8 Å². The van der Waals surface area contributed by atoms with E-state index in [1.807, 2.05) is 0 Å². The average molecular weight is 114 g/mol. The summed E-state index contributed by atoms with van der Waals surface area (Å²) in [5, 5.41) is 0. The van der Waals surface area contributed by atoms with Crippen LogP contribution in [0.15, 0.2) is 0 Å². The first-order chi connectivity index (χ1) is 3.75. The standard InChI is InChI=1S/C6H10O2/c1-4-3-5(4)6(7)8-2/h4-5H,3H2,1-2H3. The molecule has 0 aliphatic heterocycles. The van der Waals surface area contributed by atoms with Gasteiger partial charge in [0.1, 0.15) is 0 Å². The summed E-state index contributed by atoms with van der Waals surface area (Å²) in [5.41, 5.74) is 0. The number of rotatable bonds is 1. The van der Waals surface area contributed by atoms with Gasteiger partial charge in [-0.1, -0.05) is 6.92 Å². The molecule has 1 rings (SSSR count). The van der Waals surface area contributed by atoms with E-state index in [0.29, 0.717) is 5.92 Å². The fourth-order valence-corrected chi connectivity index (χ4v) is 0.802. The lowest BCUT2D eigenvalue weighted by molar-refractivity contribution is -0.142. The zero-order valence-electron chi connectivity index (χ0n) is 5.18. The third-order valence-corrected chi connectivity index (χ3v) is 1.61. The molecule has 2 nitrogen and oxygen atoms in total. The largest absolute Gasteiger partial charge is 0.469 e. The number of methoxy groups -OCH3 is 1. The molecule has 1 aliphatic rings. The fraction of sp³-hybridized carbons (Fsp3) is 0.833. The van der Waals surface area contributed by atoms with E-state index in [4.69, 9.17) is 0 Å². The van der Waals surface area contributed by atoms with Gasteiger partial charge in [0.05, 0.1) is 13.0 Å². The van der Waals surface area contributed by atoms with E-state index in [1.54, 1.807) is 0 Å². The Hall–Kier alpha value is -0.530. The smallest absolute Gasteiger partial charge is 0.308 e. The molecular formula is C6H10O2. The molecule has 2 heteroatoms. The Labute approximate surface area is 48.8 Å². The Balaban J connectivity index is 2.28. The van der Waals surface area contributed by atoms with Gasteiger partial charge in [0, 0.05) is 0 Å².